The Kier molecular flexibility index (Phi) is 10.8. The van der Waals surface area contributed by atoms with E-state index in [4.69, 9.17) is 10.5 Å². The van der Waals surface area contributed by atoms with Crippen LogP contribution in [0.2, 0.25) is 0 Å². The number of hydrogen-bond acceptors (Lipinski definition) is 5. The number of aryl methyl sites for hydroxylation is 1. The predicted molar refractivity (Wildman–Crippen MR) is 153 cm³/mol. The molecule has 0 aliphatic heterocycles. The van der Waals surface area contributed by atoms with Crippen LogP contribution in [0.25, 0.3) is 10.8 Å². The summed E-state index contributed by atoms with van der Waals surface area (Å²) in [7, 11) is 1.55. The molecule has 208 valence electrons. The zero-order valence-electron chi connectivity index (χ0n) is 22.9. The van der Waals surface area contributed by atoms with E-state index in [1.54, 1.807) is 20.9 Å². The molecule has 0 bridgehead atoms. The Balaban J connectivity index is 1.59. The molecule has 0 spiro atoms. The van der Waals surface area contributed by atoms with E-state index in [1.807, 2.05) is 72.8 Å². The zero-order chi connectivity index (χ0) is 28.3. The van der Waals surface area contributed by atoms with Crippen molar-refractivity contribution < 1.29 is 19.1 Å². The molecule has 9 heteroatoms. The molecule has 0 heterocycles. The van der Waals surface area contributed by atoms with E-state index in [0.29, 0.717) is 6.54 Å². The summed E-state index contributed by atoms with van der Waals surface area (Å²) < 4.78 is 5.48. The van der Waals surface area contributed by atoms with E-state index in [9.17, 15) is 14.4 Å². The lowest BCUT2D eigenvalue weighted by Crippen LogP contribution is -2.55. The molecule has 5 N–H and O–H groups in total. The first-order valence-electron chi connectivity index (χ1n) is 13.1. The van der Waals surface area contributed by atoms with Crippen molar-refractivity contribution in [2.24, 2.45) is 5.73 Å². The normalized spacial score (nSPS) is 12.0. The van der Waals surface area contributed by atoms with Crippen LogP contribution in [-0.4, -0.2) is 61.1 Å². The highest BCUT2D eigenvalue weighted by molar-refractivity contribution is 5.90. The van der Waals surface area contributed by atoms with Crippen molar-refractivity contribution in [1.29, 1.82) is 0 Å². The fourth-order valence-electron chi connectivity index (χ4n) is 4.06. The Labute approximate surface area is 230 Å². The maximum atomic E-state index is 13.2. The van der Waals surface area contributed by atoms with Gasteiger partial charge in [0.05, 0.1) is 6.61 Å². The number of carbonyl (C=O) groups is 3. The van der Waals surface area contributed by atoms with Gasteiger partial charge in [0.15, 0.2) is 0 Å². The third kappa shape index (κ3) is 10.0. The van der Waals surface area contributed by atoms with Gasteiger partial charge in [-0.1, -0.05) is 72.8 Å². The maximum absolute atomic E-state index is 13.2. The first kappa shape index (κ1) is 29.6. The number of ether oxygens (including phenoxy) is 1. The number of hydrogen-bond donors (Lipinski definition) is 4. The third-order valence-electron chi connectivity index (χ3n) is 6.18. The second-order valence-corrected chi connectivity index (χ2v) is 10.3. The highest BCUT2D eigenvalue weighted by Gasteiger charge is 2.28. The Morgan fingerprint density at radius 1 is 0.923 bits per heavy atom. The van der Waals surface area contributed by atoms with Crippen LogP contribution in [0, 0.1) is 0 Å². The lowest BCUT2D eigenvalue weighted by molar-refractivity contribution is -0.143. The average molecular weight is 534 g/mol. The van der Waals surface area contributed by atoms with Gasteiger partial charge < -0.3 is 20.7 Å². The zero-order valence-corrected chi connectivity index (χ0v) is 22.9. The standard InChI is InChI=1S/C30H39N5O4/c1-30(2,31)21-39-20-27(36)35(3)26(19-23-15-16-24-13-7-8-14-25(24)18-23)28(37)33-34-29(38)32-17-9-12-22-10-5-4-6-11-22/h4-8,10-11,13-16,18,26H,9,12,17,19-21,31H2,1-3H3,(H,33,37)(H2,32,34,38)/t26-/m1/s1. The molecule has 0 aliphatic rings. The van der Waals surface area contributed by atoms with Crippen LogP contribution in [0.1, 0.15) is 31.4 Å². The fourth-order valence-corrected chi connectivity index (χ4v) is 4.06. The Morgan fingerprint density at radius 2 is 1.62 bits per heavy atom. The van der Waals surface area contributed by atoms with Crippen molar-refractivity contribution in [3.63, 3.8) is 0 Å². The molecule has 39 heavy (non-hydrogen) atoms. The number of fused-ring (bicyclic) bond motifs is 1. The van der Waals surface area contributed by atoms with E-state index >= 15 is 0 Å². The molecule has 0 aliphatic carbocycles. The summed E-state index contributed by atoms with van der Waals surface area (Å²) in [6.07, 6.45) is 1.84. The van der Waals surface area contributed by atoms with E-state index < -0.39 is 23.5 Å². The van der Waals surface area contributed by atoms with Gasteiger partial charge >= 0.3 is 6.03 Å². The second-order valence-electron chi connectivity index (χ2n) is 10.3. The van der Waals surface area contributed by atoms with Crippen LogP contribution < -0.4 is 21.9 Å². The van der Waals surface area contributed by atoms with E-state index in [0.717, 1.165) is 29.2 Å². The van der Waals surface area contributed by atoms with Gasteiger partial charge in [-0.25, -0.2) is 10.2 Å². The summed E-state index contributed by atoms with van der Waals surface area (Å²) in [5, 5.41) is 4.84. The minimum Gasteiger partial charge on any atom is -0.370 e. The maximum Gasteiger partial charge on any atom is 0.333 e. The number of nitrogens with two attached hydrogens (primary N) is 1. The minimum atomic E-state index is -0.883. The Hall–Kier alpha value is -3.95. The molecule has 4 amide bonds. The first-order valence-corrected chi connectivity index (χ1v) is 13.1. The van der Waals surface area contributed by atoms with Gasteiger partial charge in [0.25, 0.3) is 5.91 Å². The Morgan fingerprint density at radius 3 is 2.33 bits per heavy atom. The van der Waals surface area contributed by atoms with Crippen LogP contribution in [0.3, 0.4) is 0 Å². The smallest absolute Gasteiger partial charge is 0.333 e. The second kappa shape index (κ2) is 14.3. The minimum absolute atomic E-state index is 0.195. The van der Waals surface area contributed by atoms with E-state index in [-0.39, 0.29) is 25.5 Å². The molecule has 0 saturated carbocycles. The number of benzene rings is 3. The molecule has 1 atom stereocenters. The molecule has 0 radical (unpaired) electrons. The molecule has 3 aromatic rings. The quantitative estimate of drug-likeness (QED) is 0.210. The molecular formula is C30H39N5O4. The number of nitrogens with one attached hydrogen (secondary N) is 3. The predicted octanol–water partition coefficient (Wildman–Crippen LogP) is 2.93. The summed E-state index contributed by atoms with van der Waals surface area (Å²) in [6.45, 7) is 4.03. The topological polar surface area (TPSA) is 126 Å². The van der Waals surface area contributed by atoms with Gasteiger partial charge in [0, 0.05) is 25.6 Å². The third-order valence-corrected chi connectivity index (χ3v) is 6.18. The van der Waals surface area contributed by atoms with Crippen molar-refractivity contribution in [3.05, 3.63) is 83.9 Å². The fraction of sp³-hybridized carbons (Fsp3) is 0.367. The lowest BCUT2D eigenvalue weighted by Gasteiger charge is -2.28. The highest BCUT2D eigenvalue weighted by atomic mass is 16.5. The van der Waals surface area contributed by atoms with Crippen LogP contribution in [-0.2, 0) is 27.2 Å². The SMILES string of the molecule is CN(C(=O)COCC(C)(C)N)[C@H](Cc1ccc2ccccc2c1)C(=O)NNC(=O)NCCCc1ccccc1. The summed E-state index contributed by atoms with van der Waals surface area (Å²) in [6, 6.07) is 22.4. The lowest BCUT2D eigenvalue weighted by atomic mass is 10.0. The number of likely N-dealkylation sites (N-methyl/N-ethyl adjacent to an activating group) is 1. The van der Waals surface area contributed by atoms with E-state index in [1.165, 1.54) is 10.5 Å². The molecule has 0 aromatic heterocycles. The van der Waals surface area contributed by atoms with Crippen LogP contribution >= 0.6 is 0 Å². The van der Waals surface area contributed by atoms with Gasteiger partial charge in [-0.05, 0) is 48.6 Å². The van der Waals surface area contributed by atoms with E-state index in [2.05, 4.69) is 16.2 Å². The van der Waals surface area contributed by atoms with Gasteiger partial charge in [-0.3, -0.25) is 15.0 Å². The van der Waals surface area contributed by atoms with Crippen LogP contribution in [0.15, 0.2) is 72.8 Å². The van der Waals surface area contributed by atoms with Crippen LogP contribution in [0.5, 0.6) is 0 Å². The molecule has 3 rings (SSSR count). The van der Waals surface area contributed by atoms with Crippen molar-refractivity contribution in [3.8, 4) is 0 Å². The van der Waals surface area contributed by atoms with Gasteiger partial charge in [-0.2, -0.15) is 0 Å². The number of urea groups is 1. The molecule has 0 unspecified atom stereocenters. The molecule has 0 saturated heterocycles. The molecular weight excluding hydrogens is 494 g/mol. The number of rotatable bonds is 12. The van der Waals surface area contributed by atoms with Crippen LogP contribution in [0.4, 0.5) is 4.79 Å². The highest BCUT2D eigenvalue weighted by Crippen LogP contribution is 2.18. The van der Waals surface area contributed by atoms with Gasteiger partial charge in [-0.15, -0.1) is 0 Å². The number of amides is 4. The monoisotopic (exact) mass is 533 g/mol. The molecule has 9 nitrogen and oxygen atoms in total. The largest absolute Gasteiger partial charge is 0.370 e. The summed E-state index contributed by atoms with van der Waals surface area (Å²) in [5.41, 5.74) is 12.3. The van der Waals surface area contributed by atoms with Crippen molar-refractivity contribution in [2.45, 2.75) is 44.7 Å². The van der Waals surface area contributed by atoms with Gasteiger partial charge in [0.1, 0.15) is 12.6 Å². The number of nitrogens with zero attached hydrogens (tertiary/aromatic N) is 1. The van der Waals surface area contributed by atoms with Crippen molar-refractivity contribution >= 4 is 28.6 Å². The summed E-state index contributed by atoms with van der Waals surface area (Å²) in [5.74, 6) is -0.886. The Bertz CT molecular complexity index is 1240. The van der Waals surface area contributed by atoms with Crippen molar-refractivity contribution in [2.75, 3.05) is 26.8 Å². The van der Waals surface area contributed by atoms with Gasteiger partial charge in [0.2, 0.25) is 5.91 Å². The number of carbonyl (C=O) groups excluding carboxylic acids is 3. The average Bonchev–Trinajstić information content (AvgIpc) is 2.92. The number of hydrazine groups is 1. The molecule has 0 fully saturated rings. The summed E-state index contributed by atoms with van der Waals surface area (Å²) >= 11 is 0. The molecule has 3 aromatic carbocycles. The van der Waals surface area contributed by atoms with Crippen molar-refractivity contribution in [1.82, 2.24) is 21.1 Å². The summed E-state index contributed by atoms with van der Waals surface area (Å²) in [4.78, 5) is 39.7. The first-order chi connectivity index (χ1) is 18.6.